The number of hydrogen-bond donors (Lipinski definition) is 3. The third kappa shape index (κ3) is 9.35. The van der Waals surface area contributed by atoms with E-state index in [1.807, 2.05) is 4.68 Å². The Labute approximate surface area is 160 Å². The Hall–Kier alpha value is -2.19. The first-order valence-corrected chi connectivity index (χ1v) is 9.27. The molecule has 27 heavy (non-hydrogen) atoms. The van der Waals surface area contributed by atoms with Gasteiger partial charge in [0.25, 0.3) is 0 Å². The van der Waals surface area contributed by atoms with Crippen LogP contribution in [0, 0.1) is 12.8 Å². The second-order valence-electron chi connectivity index (χ2n) is 7.21. The number of nitrogens with one attached hydrogen (secondary N) is 1. The van der Waals surface area contributed by atoms with Crippen LogP contribution >= 0.6 is 0 Å². The van der Waals surface area contributed by atoms with E-state index >= 15 is 0 Å². The van der Waals surface area contributed by atoms with Crippen molar-refractivity contribution in [1.29, 1.82) is 0 Å². The summed E-state index contributed by atoms with van der Waals surface area (Å²) in [5.74, 6) is -1.80. The molecule has 3 N–H and O–H groups in total. The molecule has 2 heterocycles. The Balaban J connectivity index is 0.000000387. The van der Waals surface area contributed by atoms with Gasteiger partial charge in [-0.2, -0.15) is 5.10 Å². The van der Waals surface area contributed by atoms with E-state index in [0.29, 0.717) is 18.1 Å². The summed E-state index contributed by atoms with van der Waals surface area (Å²) in [5.41, 5.74) is 2.45. The molecule has 2 rings (SSSR count). The van der Waals surface area contributed by atoms with Gasteiger partial charge in [0.15, 0.2) is 0 Å². The minimum atomic E-state index is -1.26. The summed E-state index contributed by atoms with van der Waals surface area (Å²) in [6, 6.07) is 2.94. The summed E-state index contributed by atoms with van der Waals surface area (Å²) >= 11 is 0. The van der Waals surface area contributed by atoms with Crippen molar-refractivity contribution in [3.05, 3.63) is 29.6 Å². The standard InChI is InChI=1S/C15H28N4.C4H4O4/c1-12(2)10-19(14-5-7-16-8-6-14)11-15-9-13(3)17-18(15)4;5-3(6)1-2-4(7)8/h9,12,14,16H,5-8,10-11H2,1-4H3;1-2H,(H,5,6)(H,7,8)/b;2-1+. The van der Waals surface area contributed by atoms with Crippen LogP contribution in [0.3, 0.4) is 0 Å². The monoisotopic (exact) mass is 380 g/mol. The Bertz CT molecular complexity index is 618. The lowest BCUT2D eigenvalue weighted by Gasteiger charge is -2.35. The third-order valence-electron chi connectivity index (χ3n) is 4.26. The van der Waals surface area contributed by atoms with Crippen molar-refractivity contribution < 1.29 is 19.8 Å². The molecule has 1 aromatic rings. The Morgan fingerprint density at radius 3 is 2.26 bits per heavy atom. The van der Waals surface area contributed by atoms with E-state index in [1.165, 1.54) is 25.1 Å². The number of aromatic nitrogens is 2. The largest absolute Gasteiger partial charge is 0.478 e. The second-order valence-corrected chi connectivity index (χ2v) is 7.21. The molecule has 1 aliphatic heterocycles. The summed E-state index contributed by atoms with van der Waals surface area (Å²) in [4.78, 5) is 21.8. The Morgan fingerprint density at radius 2 is 1.85 bits per heavy atom. The van der Waals surface area contributed by atoms with Gasteiger partial charge in [-0.1, -0.05) is 13.8 Å². The molecule has 0 aliphatic carbocycles. The molecule has 1 fully saturated rings. The molecule has 0 amide bonds. The van der Waals surface area contributed by atoms with Gasteiger partial charge in [0.05, 0.1) is 11.4 Å². The van der Waals surface area contributed by atoms with Crippen molar-refractivity contribution in [3.8, 4) is 0 Å². The van der Waals surface area contributed by atoms with Crippen molar-refractivity contribution in [3.63, 3.8) is 0 Å². The summed E-state index contributed by atoms with van der Waals surface area (Å²) in [7, 11) is 2.05. The topological polar surface area (TPSA) is 108 Å². The molecule has 1 saturated heterocycles. The maximum Gasteiger partial charge on any atom is 0.328 e. The first kappa shape index (κ1) is 22.9. The van der Waals surface area contributed by atoms with Crippen LogP contribution in [0.4, 0.5) is 0 Å². The van der Waals surface area contributed by atoms with Gasteiger partial charge in [0.1, 0.15) is 0 Å². The number of carbonyl (C=O) groups is 2. The number of nitrogens with zero attached hydrogens (tertiary/aromatic N) is 3. The smallest absolute Gasteiger partial charge is 0.328 e. The molecule has 0 bridgehead atoms. The van der Waals surface area contributed by atoms with Crippen LogP contribution in [0.2, 0.25) is 0 Å². The molecular formula is C19H32N4O4. The van der Waals surface area contributed by atoms with Crippen LogP contribution in [0.15, 0.2) is 18.2 Å². The van der Waals surface area contributed by atoms with Gasteiger partial charge in [-0.25, -0.2) is 9.59 Å². The first-order chi connectivity index (χ1) is 12.7. The highest BCUT2D eigenvalue weighted by Gasteiger charge is 2.22. The zero-order chi connectivity index (χ0) is 20.4. The second kappa shape index (κ2) is 11.5. The van der Waals surface area contributed by atoms with Crippen molar-refractivity contribution in [2.45, 2.75) is 46.2 Å². The van der Waals surface area contributed by atoms with E-state index in [0.717, 1.165) is 31.4 Å². The molecule has 0 atom stereocenters. The van der Waals surface area contributed by atoms with Gasteiger partial charge in [0, 0.05) is 38.3 Å². The van der Waals surface area contributed by atoms with Crippen molar-refractivity contribution in [2.24, 2.45) is 13.0 Å². The van der Waals surface area contributed by atoms with Crippen LogP contribution in [0.25, 0.3) is 0 Å². The van der Waals surface area contributed by atoms with E-state index in [-0.39, 0.29) is 0 Å². The predicted octanol–water partition coefficient (Wildman–Crippen LogP) is 1.65. The van der Waals surface area contributed by atoms with E-state index in [1.54, 1.807) is 0 Å². The molecule has 0 aromatic carbocycles. The predicted molar refractivity (Wildman–Crippen MR) is 103 cm³/mol. The highest BCUT2D eigenvalue weighted by Crippen LogP contribution is 2.17. The molecular weight excluding hydrogens is 348 g/mol. The summed E-state index contributed by atoms with van der Waals surface area (Å²) in [5, 5.41) is 23.5. The number of rotatable bonds is 7. The van der Waals surface area contributed by atoms with Crippen LogP contribution in [0.5, 0.6) is 0 Å². The molecule has 0 saturated carbocycles. The zero-order valence-corrected chi connectivity index (χ0v) is 16.7. The molecule has 0 radical (unpaired) electrons. The fraction of sp³-hybridized carbons (Fsp3) is 0.632. The van der Waals surface area contributed by atoms with Crippen LogP contribution in [-0.2, 0) is 23.2 Å². The minimum Gasteiger partial charge on any atom is -0.478 e. The van der Waals surface area contributed by atoms with Crippen LogP contribution in [0.1, 0.15) is 38.1 Å². The summed E-state index contributed by atoms with van der Waals surface area (Å²) in [6.45, 7) is 11.2. The number of carboxylic acid groups (broad SMARTS) is 2. The maximum absolute atomic E-state index is 9.55. The normalized spacial score (nSPS) is 15.2. The third-order valence-corrected chi connectivity index (χ3v) is 4.26. The van der Waals surface area contributed by atoms with Gasteiger partial charge in [-0.05, 0) is 44.8 Å². The lowest BCUT2D eigenvalue weighted by molar-refractivity contribution is -0.134. The molecule has 1 aromatic heterocycles. The van der Waals surface area contributed by atoms with E-state index in [9.17, 15) is 9.59 Å². The average molecular weight is 380 g/mol. The van der Waals surface area contributed by atoms with Crippen molar-refractivity contribution in [2.75, 3.05) is 19.6 Å². The first-order valence-electron chi connectivity index (χ1n) is 9.27. The number of aryl methyl sites for hydroxylation is 2. The minimum absolute atomic E-state index is 0.558. The van der Waals surface area contributed by atoms with E-state index in [4.69, 9.17) is 10.2 Å². The summed E-state index contributed by atoms with van der Waals surface area (Å²) in [6.07, 6.45) is 3.65. The van der Waals surface area contributed by atoms with Crippen molar-refractivity contribution in [1.82, 2.24) is 20.0 Å². The average Bonchev–Trinajstić information content (AvgIpc) is 2.91. The maximum atomic E-state index is 9.55. The highest BCUT2D eigenvalue weighted by atomic mass is 16.4. The molecule has 8 nitrogen and oxygen atoms in total. The quantitative estimate of drug-likeness (QED) is 0.617. The van der Waals surface area contributed by atoms with E-state index in [2.05, 4.69) is 49.2 Å². The van der Waals surface area contributed by atoms with Crippen LogP contribution in [-0.4, -0.2) is 62.5 Å². The van der Waals surface area contributed by atoms with Gasteiger partial charge < -0.3 is 15.5 Å². The molecule has 8 heteroatoms. The van der Waals surface area contributed by atoms with Crippen LogP contribution < -0.4 is 5.32 Å². The zero-order valence-electron chi connectivity index (χ0n) is 16.7. The Morgan fingerprint density at radius 1 is 1.30 bits per heavy atom. The molecule has 0 unspecified atom stereocenters. The fourth-order valence-corrected chi connectivity index (χ4v) is 3.15. The fourth-order valence-electron chi connectivity index (χ4n) is 3.15. The number of aliphatic carboxylic acids is 2. The number of piperidine rings is 1. The lowest BCUT2D eigenvalue weighted by Crippen LogP contribution is -2.44. The number of hydrogen-bond acceptors (Lipinski definition) is 5. The summed E-state index contributed by atoms with van der Waals surface area (Å²) < 4.78 is 2.03. The van der Waals surface area contributed by atoms with Gasteiger partial charge in [-0.3, -0.25) is 9.58 Å². The Kier molecular flexibility index (Phi) is 9.74. The van der Waals surface area contributed by atoms with Gasteiger partial charge in [-0.15, -0.1) is 0 Å². The van der Waals surface area contributed by atoms with Gasteiger partial charge >= 0.3 is 11.9 Å². The lowest BCUT2D eigenvalue weighted by atomic mass is 10.0. The van der Waals surface area contributed by atoms with Crippen molar-refractivity contribution >= 4 is 11.9 Å². The van der Waals surface area contributed by atoms with Gasteiger partial charge in [0.2, 0.25) is 0 Å². The molecule has 0 spiro atoms. The van der Waals surface area contributed by atoms with E-state index < -0.39 is 11.9 Å². The molecule has 1 aliphatic rings. The highest BCUT2D eigenvalue weighted by molar-refractivity contribution is 5.89. The molecule has 152 valence electrons. The SMILES string of the molecule is Cc1cc(CN(CC(C)C)C2CCNCC2)n(C)n1.O=C(O)/C=C/C(=O)O. The number of carboxylic acids is 2.